The first kappa shape index (κ1) is 13.2. The second-order valence-electron chi connectivity index (χ2n) is 3.93. The Balaban J connectivity index is 2.27. The highest BCUT2D eigenvalue weighted by Crippen LogP contribution is 2.19. The molecule has 1 aromatic heterocycles. The van der Waals surface area contributed by atoms with Gasteiger partial charge >= 0.3 is 0 Å². The lowest BCUT2D eigenvalue weighted by Gasteiger charge is -2.08. The summed E-state index contributed by atoms with van der Waals surface area (Å²) >= 11 is 1.33. The Kier molecular flexibility index (Phi) is 3.91. The summed E-state index contributed by atoms with van der Waals surface area (Å²) in [7, 11) is 0. The minimum absolute atomic E-state index is 0.219. The number of aromatic nitrogens is 1. The van der Waals surface area contributed by atoms with Crippen LogP contribution < -0.4 is 5.32 Å². The largest absolute Gasteiger partial charge is 0.411 e. The molecule has 19 heavy (non-hydrogen) atoms. The number of amides is 1. The number of oxime groups is 1. The van der Waals surface area contributed by atoms with E-state index in [0.29, 0.717) is 21.8 Å². The molecular weight excluding hydrogens is 262 g/mol. The fourth-order valence-electron chi connectivity index (χ4n) is 1.61. The monoisotopic (exact) mass is 275 g/mol. The summed E-state index contributed by atoms with van der Waals surface area (Å²) in [5.41, 5.74) is 1.73. The number of nitrogens with one attached hydrogen (secondary N) is 1. The van der Waals surface area contributed by atoms with Crippen LogP contribution in [0, 0.1) is 6.92 Å². The van der Waals surface area contributed by atoms with Gasteiger partial charge < -0.3 is 10.5 Å². The standard InChI is InChI=1S/C13H13N3O2S/c1-8(16-18)10-5-3-4-6-11(10)15-13(17)12-7-14-9(2)19-12/h3-7,18H,1-2H3,(H,15,17)/b16-8-. The van der Waals surface area contributed by atoms with Gasteiger partial charge in [0.25, 0.3) is 5.91 Å². The molecule has 0 aliphatic heterocycles. The van der Waals surface area contributed by atoms with Gasteiger partial charge in [-0.2, -0.15) is 0 Å². The van der Waals surface area contributed by atoms with Crippen LogP contribution in [0.4, 0.5) is 5.69 Å². The summed E-state index contributed by atoms with van der Waals surface area (Å²) < 4.78 is 0. The maximum Gasteiger partial charge on any atom is 0.267 e. The molecule has 0 spiro atoms. The van der Waals surface area contributed by atoms with Gasteiger partial charge in [-0.3, -0.25) is 4.79 Å². The number of aryl methyl sites for hydroxylation is 1. The van der Waals surface area contributed by atoms with Crippen molar-refractivity contribution in [2.45, 2.75) is 13.8 Å². The van der Waals surface area contributed by atoms with E-state index < -0.39 is 0 Å². The Labute approximate surface area is 114 Å². The van der Waals surface area contributed by atoms with Crippen molar-refractivity contribution in [2.24, 2.45) is 5.16 Å². The Morgan fingerprint density at radius 3 is 2.79 bits per heavy atom. The first-order chi connectivity index (χ1) is 9.11. The first-order valence-electron chi connectivity index (χ1n) is 5.63. The zero-order valence-corrected chi connectivity index (χ0v) is 11.4. The number of carbonyl (C=O) groups is 1. The first-order valence-corrected chi connectivity index (χ1v) is 6.45. The zero-order valence-electron chi connectivity index (χ0n) is 10.5. The molecule has 0 aliphatic carbocycles. The summed E-state index contributed by atoms with van der Waals surface area (Å²) in [5.74, 6) is -0.219. The van der Waals surface area contributed by atoms with Crippen molar-refractivity contribution >= 4 is 28.6 Å². The highest BCUT2D eigenvalue weighted by Gasteiger charge is 2.12. The molecular formula is C13H13N3O2S. The van der Waals surface area contributed by atoms with Gasteiger partial charge in [-0.05, 0) is 19.9 Å². The summed E-state index contributed by atoms with van der Waals surface area (Å²) in [5, 5.41) is 15.6. The van der Waals surface area contributed by atoms with Gasteiger partial charge in [0, 0.05) is 5.56 Å². The van der Waals surface area contributed by atoms with E-state index in [2.05, 4.69) is 15.5 Å². The molecule has 0 fully saturated rings. The molecule has 1 heterocycles. The highest BCUT2D eigenvalue weighted by molar-refractivity contribution is 7.13. The third-order valence-electron chi connectivity index (χ3n) is 2.56. The lowest BCUT2D eigenvalue weighted by atomic mass is 10.1. The SMILES string of the molecule is C/C(=N/O)c1ccccc1NC(=O)c1cnc(C)s1. The van der Waals surface area contributed by atoms with Crippen LogP contribution in [0.2, 0.25) is 0 Å². The molecule has 6 heteroatoms. The van der Waals surface area contributed by atoms with Crippen molar-refractivity contribution < 1.29 is 10.0 Å². The molecule has 1 amide bonds. The topological polar surface area (TPSA) is 74.6 Å². The molecule has 2 rings (SSSR count). The average Bonchev–Trinajstić information content (AvgIpc) is 2.85. The number of anilines is 1. The molecule has 0 unspecified atom stereocenters. The van der Waals surface area contributed by atoms with E-state index in [-0.39, 0.29) is 5.91 Å². The Morgan fingerprint density at radius 2 is 2.16 bits per heavy atom. The Morgan fingerprint density at radius 1 is 1.42 bits per heavy atom. The summed E-state index contributed by atoms with van der Waals surface area (Å²) in [4.78, 5) is 16.6. The lowest BCUT2D eigenvalue weighted by molar-refractivity contribution is 0.103. The Hall–Kier alpha value is -2.21. The fraction of sp³-hybridized carbons (Fsp3) is 0.154. The van der Waals surface area contributed by atoms with Crippen LogP contribution >= 0.6 is 11.3 Å². The number of para-hydroxylation sites is 1. The van der Waals surface area contributed by atoms with Crippen LogP contribution in [0.25, 0.3) is 0 Å². The van der Waals surface area contributed by atoms with Gasteiger partial charge in [0.15, 0.2) is 0 Å². The molecule has 0 atom stereocenters. The third kappa shape index (κ3) is 2.97. The predicted molar refractivity (Wildman–Crippen MR) is 75.2 cm³/mol. The molecule has 98 valence electrons. The number of thiazole rings is 1. The van der Waals surface area contributed by atoms with E-state index in [4.69, 9.17) is 5.21 Å². The van der Waals surface area contributed by atoms with E-state index in [1.54, 1.807) is 25.3 Å². The predicted octanol–water partition coefficient (Wildman–Crippen LogP) is 2.90. The number of carbonyl (C=O) groups excluding carboxylic acids is 1. The van der Waals surface area contributed by atoms with Crippen molar-refractivity contribution in [2.75, 3.05) is 5.32 Å². The summed E-state index contributed by atoms with van der Waals surface area (Å²) in [6, 6.07) is 7.16. The third-order valence-corrected chi connectivity index (χ3v) is 3.47. The normalized spacial score (nSPS) is 11.4. The summed E-state index contributed by atoms with van der Waals surface area (Å²) in [6.45, 7) is 3.51. The zero-order chi connectivity index (χ0) is 13.8. The van der Waals surface area contributed by atoms with Gasteiger partial charge in [0.05, 0.1) is 22.6 Å². The van der Waals surface area contributed by atoms with Crippen LogP contribution in [-0.4, -0.2) is 21.8 Å². The van der Waals surface area contributed by atoms with E-state index in [1.165, 1.54) is 11.3 Å². The minimum atomic E-state index is -0.219. The van der Waals surface area contributed by atoms with E-state index in [0.717, 1.165) is 5.01 Å². The molecule has 0 radical (unpaired) electrons. The van der Waals surface area contributed by atoms with Crippen molar-refractivity contribution in [3.05, 3.63) is 45.9 Å². The minimum Gasteiger partial charge on any atom is -0.411 e. The van der Waals surface area contributed by atoms with Crippen LogP contribution in [-0.2, 0) is 0 Å². The van der Waals surface area contributed by atoms with Gasteiger partial charge in [-0.15, -0.1) is 11.3 Å². The van der Waals surface area contributed by atoms with Crippen LogP contribution in [0.3, 0.4) is 0 Å². The molecule has 2 N–H and O–H groups in total. The number of rotatable bonds is 3. The number of nitrogens with zero attached hydrogens (tertiary/aromatic N) is 2. The van der Waals surface area contributed by atoms with Gasteiger partial charge in [-0.25, -0.2) is 4.98 Å². The van der Waals surface area contributed by atoms with Crippen LogP contribution in [0.15, 0.2) is 35.6 Å². The fourth-order valence-corrected chi connectivity index (χ4v) is 2.28. The molecule has 1 aromatic carbocycles. The molecule has 0 saturated carbocycles. The molecule has 2 aromatic rings. The maximum absolute atomic E-state index is 12.0. The molecule has 5 nitrogen and oxygen atoms in total. The second kappa shape index (κ2) is 5.62. The lowest BCUT2D eigenvalue weighted by Crippen LogP contribution is -2.13. The summed E-state index contributed by atoms with van der Waals surface area (Å²) in [6.07, 6.45) is 1.55. The van der Waals surface area contributed by atoms with E-state index >= 15 is 0 Å². The van der Waals surface area contributed by atoms with E-state index in [9.17, 15) is 4.79 Å². The molecule has 0 saturated heterocycles. The smallest absolute Gasteiger partial charge is 0.267 e. The van der Waals surface area contributed by atoms with Crippen LogP contribution in [0.1, 0.15) is 27.2 Å². The van der Waals surface area contributed by atoms with Gasteiger partial charge in [0.1, 0.15) is 4.88 Å². The number of benzene rings is 1. The van der Waals surface area contributed by atoms with Crippen molar-refractivity contribution in [1.29, 1.82) is 0 Å². The molecule has 0 bridgehead atoms. The van der Waals surface area contributed by atoms with Crippen molar-refractivity contribution in [1.82, 2.24) is 4.98 Å². The highest BCUT2D eigenvalue weighted by atomic mass is 32.1. The quantitative estimate of drug-likeness (QED) is 0.514. The van der Waals surface area contributed by atoms with Crippen LogP contribution in [0.5, 0.6) is 0 Å². The van der Waals surface area contributed by atoms with Gasteiger partial charge in [-0.1, -0.05) is 23.4 Å². The van der Waals surface area contributed by atoms with Crippen molar-refractivity contribution in [3.8, 4) is 0 Å². The molecule has 0 aliphatic rings. The Bertz CT molecular complexity index is 634. The van der Waals surface area contributed by atoms with Crippen molar-refractivity contribution in [3.63, 3.8) is 0 Å². The average molecular weight is 275 g/mol. The number of hydrogen-bond donors (Lipinski definition) is 2. The van der Waals surface area contributed by atoms with E-state index in [1.807, 2.05) is 19.1 Å². The second-order valence-corrected chi connectivity index (χ2v) is 5.16. The number of hydrogen-bond acceptors (Lipinski definition) is 5. The maximum atomic E-state index is 12.0. The van der Waals surface area contributed by atoms with Gasteiger partial charge in [0.2, 0.25) is 0 Å².